The number of halogens is 1. The summed E-state index contributed by atoms with van der Waals surface area (Å²) in [6.45, 7) is 2.80. The van der Waals surface area contributed by atoms with E-state index in [9.17, 15) is 21.2 Å². The number of amidine groups is 1. The highest BCUT2D eigenvalue weighted by molar-refractivity contribution is 7.96. The largest absolute Gasteiger partial charge is 0.353 e. The fourth-order valence-corrected chi connectivity index (χ4v) is 7.93. The van der Waals surface area contributed by atoms with Crippen molar-refractivity contribution in [3.8, 4) is 0 Å². The van der Waals surface area contributed by atoms with Crippen LogP contribution in [-0.4, -0.2) is 63.5 Å². The Hall–Kier alpha value is -1.48. The second kappa shape index (κ2) is 5.55. The summed E-state index contributed by atoms with van der Waals surface area (Å²) < 4.78 is 62.9. The number of hydrogen-bond donors (Lipinski definition) is 0. The van der Waals surface area contributed by atoms with Crippen molar-refractivity contribution < 1.29 is 21.2 Å². The molecule has 0 aliphatic carbocycles. The molecular weight excluding hydrogens is 343 g/mol. The lowest BCUT2D eigenvalue weighted by Crippen LogP contribution is -2.47. The van der Waals surface area contributed by atoms with Gasteiger partial charge >= 0.3 is 0 Å². The summed E-state index contributed by atoms with van der Waals surface area (Å²) in [7, 11) is -7.33. The third-order valence-corrected chi connectivity index (χ3v) is 8.44. The molecule has 0 N–H and O–H groups in total. The Morgan fingerprint density at radius 3 is 2.43 bits per heavy atom. The van der Waals surface area contributed by atoms with Gasteiger partial charge in [-0.1, -0.05) is 0 Å². The molecule has 2 heterocycles. The normalized spacial score (nSPS) is 27.2. The second-order valence-electron chi connectivity index (χ2n) is 5.80. The van der Waals surface area contributed by atoms with Crippen molar-refractivity contribution >= 4 is 25.5 Å². The van der Waals surface area contributed by atoms with Crippen LogP contribution in [0.25, 0.3) is 0 Å². The summed E-state index contributed by atoms with van der Waals surface area (Å²) in [6.07, 6.45) is 0. The molecule has 0 amide bonds. The molecule has 2 aliphatic heterocycles. The highest BCUT2D eigenvalue weighted by Gasteiger charge is 2.49. The zero-order chi connectivity index (χ0) is 16.8. The molecule has 2 atom stereocenters. The Bertz CT molecular complexity index is 847. The summed E-state index contributed by atoms with van der Waals surface area (Å²) >= 11 is 0. The van der Waals surface area contributed by atoms with E-state index >= 15 is 0 Å². The molecule has 0 bridgehead atoms. The maximum Gasteiger partial charge on any atom is 0.184 e. The fourth-order valence-electron chi connectivity index (χ4n) is 3.16. The van der Waals surface area contributed by atoms with Crippen LogP contribution >= 0.6 is 0 Å². The fraction of sp³-hybridized carbons (Fsp3) is 0.500. The molecule has 0 aromatic heterocycles. The molecule has 1 fully saturated rings. The van der Waals surface area contributed by atoms with E-state index in [0.717, 1.165) is 12.1 Å². The smallest absolute Gasteiger partial charge is 0.184 e. The summed E-state index contributed by atoms with van der Waals surface area (Å²) in [4.78, 5) is 5.92. The van der Waals surface area contributed by atoms with Crippen molar-refractivity contribution in [3.05, 3.63) is 30.1 Å². The van der Waals surface area contributed by atoms with E-state index < -0.39 is 42.5 Å². The van der Waals surface area contributed by atoms with E-state index in [1.54, 1.807) is 11.8 Å². The van der Waals surface area contributed by atoms with Crippen LogP contribution in [-0.2, 0) is 19.7 Å². The first-order valence-corrected chi connectivity index (χ1v) is 10.5. The minimum atomic E-state index is -3.88. The molecule has 0 unspecified atom stereocenters. The monoisotopic (exact) mass is 360 g/mol. The Morgan fingerprint density at radius 1 is 1.22 bits per heavy atom. The van der Waals surface area contributed by atoms with Crippen LogP contribution in [0.3, 0.4) is 0 Å². The maximum atomic E-state index is 13.0. The lowest BCUT2D eigenvalue weighted by Gasteiger charge is -2.29. The van der Waals surface area contributed by atoms with Gasteiger partial charge < -0.3 is 4.90 Å². The van der Waals surface area contributed by atoms with Gasteiger partial charge in [0.15, 0.2) is 19.7 Å². The minimum absolute atomic E-state index is 0.0558. The zero-order valence-corrected chi connectivity index (χ0v) is 14.1. The van der Waals surface area contributed by atoms with Crippen molar-refractivity contribution in [2.75, 3.05) is 24.6 Å². The molecule has 9 heteroatoms. The number of aliphatic imine (C=N–C) groups is 1. The molecule has 1 aromatic carbocycles. The molecule has 0 radical (unpaired) electrons. The number of benzene rings is 1. The minimum Gasteiger partial charge on any atom is -0.353 e. The van der Waals surface area contributed by atoms with Crippen LogP contribution < -0.4 is 0 Å². The lowest BCUT2D eigenvalue weighted by molar-refractivity contribution is 0.360. The number of hydrogen-bond acceptors (Lipinski definition) is 6. The molecule has 126 valence electrons. The van der Waals surface area contributed by atoms with Crippen LogP contribution in [0.2, 0.25) is 0 Å². The van der Waals surface area contributed by atoms with E-state index in [2.05, 4.69) is 4.99 Å². The molecule has 1 aromatic rings. The van der Waals surface area contributed by atoms with Gasteiger partial charge in [0.25, 0.3) is 0 Å². The van der Waals surface area contributed by atoms with Crippen molar-refractivity contribution in [2.45, 2.75) is 23.1 Å². The van der Waals surface area contributed by atoms with Gasteiger partial charge in [0.2, 0.25) is 0 Å². The molecule has 1 saturated heterocycles. The van der Waals surface area contributed by atoms with Crippen molar-refractivity contribution in [1.29, 1.82) is 0 Å². The predicted octanol–water partition coefficient (Wildman–Crippen LogP) is 0.499. The molecular formula is C14H17FN2O4S2. The van der Waals surface area contributed by atoms with Gasteiger partial charge in [0.1, 0.15) is 11.1 Å². The van der Waals surface area contributed by atoms with E-state index in [1.807, 2.05) is 0 Å². The average molecular weight is 360 g/mol. The van der Waals surface area contributed by atoms with Crippen LogP contribution in [0.15, 0.2) is 34.2 Å². The Labute approximate surface area is 134 Å². The maximum absolute atomic E-state index is 13.0. The van der Waals surface area contributed by atoms with Gasteiger partial charge in [-0.3, -0.25) is 4.99 Å². The van der Waals surface area contributed by atoms with E-state index in [-0.39, 0.29) is 10.6 Å². The van der Waals surface area contributed by atoms with Gasteiger partial charge in [0.05, 0.1) is 34.8 Å². The topological polar surface area (TPSA) is 83.9 Å². The predicted molar refractivity (Wildman–Crippen MR) is 84.5 cm³/mol. The van der Waals surface area contributed by atoms with E-state index in [4.69, 9.17) is 0 Å². The van der Waals surface area contributed by atoms with Crippen LogP contribution in [0.4, 0.5) is 4.39 Å². The van der Waals surface area contributed by atoms with Gasteiger partial charge in [-0.2, -0.15) is 0 Å². The quantitative estimate of drug-likeness (QED) is 0.733. The van der Waals surface area contributed by atoms with E-state index in [1.165, 1.54) is 12.1 Å². The average Bonchev–Trinajstić information content (AvgIpc) is 3.02. The number of rotatable bonds is 3. The molecule has 0 spiro atoms. The zero-order valence-electron chi connectivity index (χ0n) is 12.5. The Kier molecular flexibility index (Phi) is 3.96. The van der Waals surface area contributed by atoms with Crippen LogP contribution in [0, 0.1) is 5.82 Å². The number of sulfone groups is 2. The molecule has 6 nitrogen and oxygen atoms in total. The van der Waals surface area contributed by atoms with Gasteiger partial charge in [-0.05, 0) is 31.2 Å². The van der Waals surface area contributed by atoms with Crippen LogP contribution in [0.5, 0.6) is 0 Å². The second-order valence-corrected chi connectivity index (χ2v) is 10.1. The third-order valence-electron chi connectivity index (χ3n) is 4.31. The van der Waals surface area contributed by atoms with Crippen molar-refractivity contribution in [1.82, 2.24) is 4.90 Å². The van der Waals surface area contributed by atoms with Crippen LogP contribution in [0.1, 0.15) is 6.92 Å². The van der Waals surface area contributed by atoms with Gasteiger partial charge in [0, 0.05) is 6.54 Å². The molecule has 0 saturated carbocycles. The molecule has 23 heavy (non-hydrogen) atoms. The standard InChI is InChI=1S/C14H17FN2O4S2/c1-10-16-6-7-17(10)13-8-22(18,19)9-14(13)23(20,21)12-4-2-11(15)3-5-12/h2-5,13-14H,6-9H2,1H3/t13-,14-/m0/s1. The Balaban J connectivity index is 2.01. The first-order chi connectivity index (χ1) is 10.7. The third kappa shape index (κ3) is 2.99. The van der Waals surface area contributed by atoms with Crippen molar-refractivity contribution in [2.24, 2.45) is 4.99 Å². The Morgan fingerprint density at radius 2 is 1.87 bits per heavy atom. The van der Waals surface area contributed by atoms with Crippen molar-refractivity contribution in [3.63, 3.8) is 0 Å². The van der Waals surface area contributed by atoms with Gasteiger partial charge in [-0.15, -0.1) is 0 Å². The summed E-state index contributed by atoms with van der Waals surface area (Å²) in [5, 5.41) is -1.07. The number of nitrogens with zero attached hydrogens (tertiary/aromatic N) is 2. The summed E-state index contributed by atoms with van der Waals surface area (Å²) in [5.41, 5.74) is 0. The SMILES string of the molecule is CC1=NCCN1[C@H]1CS(=O)(=O)C[C@@H]1S(=O)(=O)c1ccc(F)cc1. The summed E-state index contributed by atoms with van der Waals surface area (Å²) in [5.74, 6) is -0.500. The highest BCUT2D eigenvalue weighted by atomic mass is 32.2. The highest BCUT2D eigenvalue weighted by Crippen LogP contribution is 2.30. The lowest BCUT2D eigenvalue weighted by atomic mass is 10.2. The summed E-state index contributed by atoms with van der Waals surface area (Å²) in [6, 6.07) is 3.83. The molecule has 2 aliphatic rings. The first-order valence-electron chi connectivity index (χ1n) is 7.18. The molecule has 3 rings (SSSR count). The first kappa shape index (κ1) is 16.4. The van der Waals surface area contributed by atoms with E-state index in [0.29, 0.717) is 18.9 Å². The van der Waals surface area contributed by atoms with Gasteiger partial charge in [-0.25, -0.2) is 21.2 Å².